The maximum Gasteiger partial charge on any atom is 0.0555 e. The number of aryl methyl sites for hydroxylation is 1. The minimum atomic E-state index is 1.10. The van der Waals surface area contributed by atoms with Gasteiger partial charge in [0.1, 0.15) is 0 Å². The van der Waals surface area contributed by atoms with Crippen molar-refractivity contribution in [2.75, 3.05) is 31.1 Å². The number of piperidine rings is 1. The number of hydrogen-bond donors (Lipinski definition) is 0. The summed E-state index contributed by atoms with van der Waals surface area (Å²) in [5, 5.41) is 0. The molecule has 4 rings (SSSR count). The number of rotatable bonds is 4. The van der Waals surface area contributed by atoms with E-state index in [0.717, 1.165) is 6.54 Å². The van der Waals surface area contributed by atoms with Gasteiger partial charge in [-0.3, -0.25) is 0 Å². The zero-order chi connectivity index (χ0) is 16.4. The highest BCUT2D eigenvalue weighted by Gasteiger charge is 2.23. The highest BCUT2D eigenvalue weighted by atomic mass is 32.2. The largest absolute Gasteiger partial charge is 0.340 e. The van der Waals surface area contributed by atoms with E-state index in [9.17, 15) is 0 Å². The Hall–Kier alpha value is -1.45. The molecular formula is C21H26N2S. The fourth-order valence-corrected chi connectivity index (χ4v) is 4.89. The number of nitrogens with zero attached hydrogens (tertiary/aromatic N) is 2. The van der Waals surface area contributed by atoms with Crippen LogP contribution in [0.4, 0.5) is 11.4 Å². The van der Waals surface area contributed by atoms with Crippen LogP contribution in [-0.2, 0) is 0 Å². The summed E-state index contributed by atoms with van der Waals surface area (Å²) in [5.74, 6) is 0. The van der Waals surface area contributed by atoms with Crippen LogP contribution in [-0.4, -0.2) is 31.1 Å². The van der Waals surface area contributed by atoms with Gasteiger partial charge < -0.3 is 9.80 Å². The summed E-state index contributed by atoms with van der Waals surface area (Å²) in [6.45, 7) is 7.11. The second-order valence-electron chi connectivity index (χ2n) is 6.95. The molecule has 0 N–H and O–H groups in total. The lowest BCUT2D eigenvalue weighted by Crippen LogP contribution is -2.33. The molecule has 1 fully saturated rings. The molecule has 0 amide bonds. The molecule has 2 aromatic rings. The maximum atomic E-state index is 2.64. The zero-order valence-electron chi connectivity index (χ0n) is 14.5. The molecule has 24 heavy (non-hydrogen) atoms. The van der Waals surface area contributed by atoms with Crippen molar-refractivity contribution in [2.24, 2.45) is 0 Å². The topological polar surface area (TPSA) is 6.48 Å². The van der Waals surface area contributed by atoms with E-state index in [1.165, 1.54) is 72.0 Å². The second kappa shape index (κ2) is 7.20. The van der Waals surface area contributed by atoms with Gasteiger partial charge in [-0.15, -0.1) is 0 Å². The molecule has 0 radical (unpaired) electrons. The SMILES string of the molecule is Cc1ccc2c(c1)N(CCCN1CCCCC1)c1ccccc1S2. The third-order valence-electron chi connectivity index (χ3n) is 5.09. The van der Waals surface area contributed by atoms with Gasteiger partial charge in [-0.2, -0.15) is 0 Å². The van der Waals surface area contributed by atoms with Crippen molar-refractivity contribution in [3.63, 3.8) is 0 Å². The smallest absolute Gasteiger partial charge is 0.0555 e. The van der Waals surface area contributed by atoms with Gasteiger partial charge in [-0.25, -0.2) is 0 Å². The van der Waals surface area contributed by atoms with Crippen molar-refractivity contribution < 1.29 is 0 Å². The molecule has 0 unspecified atom stereocenters. The van der Waals surface area contributed by atoms with Crippen LogP contribution in [0.5, 0.6) is 0 Å². The van der Waals surface area contributed by atoms with Gasteiger partial charge in [0, 0.05) is 16.3 Å². The van der Waals surface area contributed by atoms with Gasteiger partial charge >= 0.3 is 0 Å². The van der Waals surface area contributed by atoms with Crippen LogP contribution in [0.15, 0.2) is 52.3 Å². The quantitative estimate of drug-likeness (QED) is 0.729. The average molecular weight is 339 g/mol. The maximum absolute atomic E-state index is 2.64. The average Bonchev–Trinajstić information content (AvgIpc) is 2.62. The first-order valence-electron chi connectivity index (χ1n) is 9.19. The Bertz CT molecular complexity index is 707. The van der Waals surface area contributed by atoms with Crippen LogP contribution in [0.3, 0.4) is 0 Å². The molecule has 0 aliphatic carbocycles. The molecule has 126 valence electrons. The van der Waals surface area contributed by atoms with Gasteiger partial charge in [0.2, 0.25) is 0 Å². The van der Waals surface area contributed by atoms with E-state index >= 15 is 0 Å². The number of hydrogen-bond acceptors (Lipinski definition) is 3. The van der Waals surface area contributed by atoms with E-state index in [4.69, 9.17) is 0 Å². The molecule has 3 heteroatoms. The molecule has 2 aromatic carbocycles. The monoisotopic (exact) mass is 338 g/mol. The van der Waals surface area contributed by atoms with E-state index in [-0.39, 0.29) is 0 Å². The minimum Gasteiger partial charge on any atom is -0.340 e. The summed E-state index contributed by atoms with van der Waals surface area (Å²) in [5.41, 5.74) is 4.10. The lowest BCUT2D eigenvalue weighted by Gasteiger charge is -2.34. The summed E-state index contributed by atoms with van der Waals surface area (Å²) in [7, 11) is 0. The standard InChI is InChI=1S/C21H26N2S/c1-17-10-11-21-19(16-17)23(18-8-3-4-9-20(18)24-21)15-7-14-22-12-5-2-6-13-22/h3-4,8-11,16H,2,5-7,12-15H2,1H3. The fraction of sp³-hybridized carbons (Fsp3) is 0.429. The predicted octanol–water partition coefficient (Wildman–Crippen LogP) is 5.47. The fourth-order valence-electron chi connectivity index (χ4n) is 3.82. The molecule has 2 aliphatic heterocycles. The second-order valence-corrected chi connectivity index (χ2v) is 8.03. The van der Waals surface area contributed by atoms with Crippen molar-refractivity contribution in [3.05, 3.63) is 48.0 Å². The molecule has 0 aromatic heterocycles. The Morgan fingerprint density at radius 3 is 2.54 bits per heavy atom. The zero-order valence-corrected chi connectivity index (χ0v) is 15.3. The Kier molecular flexibility index (Phi) is 4.81. The lowest BCUT2D eigenvalue weighted by atomic mass is 10.1. The molecule has 2 heterocycles. The molecule has 0 spiro atoms. The van der Waals surface area contributed by atoms with Crippen molar-refractivity contribution in [1.29, 1.82) is 0 Å². The highest BCUT2D eigenvalue weighted by molar-refractivity contribution is 7.99. The number of anilines is 2. The molecule has 2 nitrogen and oxygen atoms in total. The number of likely N-dealkylation sites (tertiary alicyclic amines) is 1. The van der Waals surface area contributed by atoms with Crippen LogP contribution in [0.2, 0.25) is 0 Å². The summed E-state index contributed by atoms with van der Waals surface area (Å²) in [6.07, 6.45) is 5.41. The van der Waals surface area contributed by atoms with Crippen molar-refractivity contribution >= 4 is 23.1 Å². The van der Waals surface area contributed by atoms with E-state index < -0.39 is 0 Å². The van der Waals surface area contributed by atoms with E-state index in [0.29, 0.717) is 0 Å². The van der Waals surface area contributed by atoms with Crippen molar-refractivity contribution in [1.82, 2.24) is 4.90 Å². The van der Waals surface area contributed by atoms with Gasteiger partial charge in [0.15, 0.2) is 0 Å². The lowest BCUT2D eigenvalue weighted by molar-refractivity contribution is 0.227. The Labute approximate surface area is 149 Å². The summed E-state index contributed by atoms with van der Waals surface area (Å²) in [6, 6.07) is 15.7. The van der Waals surface area contributed by atoms with Gasteiger partial charge in [0.05, 0.1) is 11.4 Å². The first-order valence-corrected chi connectivity index (χ1v) is 10.0. The van der Waals surface area contributed by atoms with E-state index in [1.54, 1.807) is 0 Å². The van der Waals surface area contributed by atoms with Gasteiger partial charge in [-0.05, 0) is 75.6 Å². The Balaban J connectivity index is 1.53. The van der Waals surface area contributed by atoms with Crippen molar-refractivity contribution in [3.8, 4) is 0 Å². The van der Waals surface area contributed by atoms with E-state index in [2.05, 4.69) is 59.2 Å². The van der Waals surface area contributed by atoms with Crippen LogP contribution >= 0.6 is 11.8 Å². The van der Waals surface area contributed by atoms with Gasteiger partial charge in [-0.1, -0.05) is 36.4 Å². The normalized spacial score (nSPS) is 17.5. The number of benzene rings is 2. The summed E-state index contributed by atoms with van der Waals surface area (Å²) < 4.78 is 0. The molecule has 0 atom stereocenters. The Morgan fingerprint density at radius 2 is 1.67 bits per heavy atom. The third kappa shape index (κ3) is 3.33. The number of para-hydroxylation sites is 1. The third-order valence-corrected chi connectivity index (χ3v) is 6.22. The van der Waals surface area contributed by atoms with E-state index in [1.807, 2.05) is 11.8 Å². The van der Waals surface area contributed by atoms with Crippen LogP contribution in [0.1, 0.15) is 31.2 Å². The highest BCUT2D eigenvalue weighted by Crippen LogP contribution is 2.48. The van der Waals surface area contributed by atoms with Crippen LogP contribution in [0.25, 0.3) is 0 Å². The molecule has 0 bridgehead atoms. The first-order chi connectivity index (χ1) is 11.8. The van der Waals surface area contributed by atoms with Crippen molar-refractivity contribution in [2.45, 2.75) is 42.4 Å². The molecule has 1 saturated heterocycles. The molecule has 2 aliphatic rings. The molecular weight excluding hydrogens is 312 g/mol. The molecule has 0 saturated carbocycles. The summed E-state index contributed by atoms with van der Waals surface area (Å²) >= 11 is 1.90. The predicted molar refractivity (Wildman–Crippen MR) is 104 cm³/mol. The van der Waals surface area contributed by atoms with Crippen LogP contribution < -0.4 is 4.90 Å². The minimum absolute atomic E-state index is 1.10. The number of fused-ring (bicyclic) bond motifs is 2. The van der Waals surface area contributed by atoms with Crippen LogP contribution in [0, 0.1) is 6.92 Å². The summed E-state index contributed by atoms with van der Waals surface area (Å²) in [4.78, 5) is 7.95. The van der Waals surface area contributed by atoms with Gasteiger partial charge in [0.25, 0.3) is 0 Å². The Morgan fingerprint density at radius 1 is 0.875 bits per heavy atom. The first kappa shape index (κ1) is 16.0.